The second-order valence-electron chi connectivity index (χ2n) is 7.29. The van der Waals surface area contributed by atoms with E-state index in [0.29, 0.717) is 41.0 Å². The van der Waals surface area contributed by atoms with Crippen LogP contribution in [-0.2, 0) is 13.0 Å². The minimum absolute atomic E-state index is 0.462. The number of rotatable bonds is 10. The topological polar surface area (TPSA) is 73.3 Å². The van der Waals surface area contributed by atoms with Gasteiger partial charge in [-0.1, -0.05) is 48.5 Å². The molecule has 0 radical (unpaired) electrons. The molecular weight excluding hydrogens is 436 g/mol. The third-order valence-corrected chi connectivity index (χ3v) is 5.45. The number of nitrogens with one attached hydrogen (secondary N) is 2. The van der Waals surface area contributed by atoms with Crippen LogP contribution in [0.3, 0.4) is 0 Å². The summed E-state index contributed by atoms with van der Waals surface area (Å²) in [6.45, 7) is 1.08. The molecule has 0 atom stereocenters. The first-order valence-corrected chi connectivity index (χ1v) is 11.0. The highest BCUT2D eigenvalue weighted by Crippen LogP contribution is 2.29. The van der Waals surface area contributed by atoms with Crippen molar-refractivity contribution in [1.82, 2.24) is 14.9 Å². The Morgan fingerprint density at radius 1 is 0.879 bits per heavy atom. The number of nitrogens with zero attached hydrogens (tertiary/aromatic N) is 2. The second-order valence-corrected chi connectivity index (χ2v) is 7.68. The van der Waals surface area contributed by atoms with E-state index in [-0.39, 0.29) is 0 Å². The van der Waals surface area contributed by atoms with Crippen LogP contribution in [0.4, 0.5) is 0 Å². The van der Waals surface area contributed by atoms with Crippen molar-refractivity contribution in [3.05, 3.63) is 88.7 Å². The molecule has 2 N–H and O–H groups in total. The van der Waals surface area contributed by atoms with Crippen LogP contribution in [0.1, 0.15) is 11.1 Å². The van der Waals surface area contributed by atoms with Crippen molar-refractivity contribution in [1.29, 1.82) is 0 Å². The van der Waals surface area contributed by atoms with Crippen molar-refractivity contribution in [2.24, 2.45) is 0 Å². The number of methoxy groups -OCH3 is 2. The minimum Gasteiger partial charge on any atom is -0.496 e. The summed E-state index contributed by atoms with van der Waals surface area (Å²) in [6.07, 6.45) is 0.831. The molecule has 0 bridgehead atoms. The van der Waals surface area contributed by atoms with E-state index in [1.165, 1.54) is 5.56 Å². The Labute approximate surface area is 197 Å². The molecule has 4 aromatic rings. The fourth-order valence-electron chi connectivity index (χ4n) is 3.49. The van der Waals surface area contributed by atoms with Crippen molar-refractivity contribution in [2.75, 3.05) is 26.3 Å². The van der Waals surface area contributed by atoms with Gasteiger partial charge in [-0.15, -0.1) is 0 Å². The van der Waals surface area contributed by atoms with Gasteiger partial charge in [-0.2, -0.15) is 5.10 Å². The third-order valence-electron chi connectivity index (χ3n) is 5.18. The quantitative estimate of drug-likeness (QED) is 0.324. The van der Waals surface area contributed by atoms with Crippen LogP contribution in [-0.4, -0.2) is 35.7 Å². The normalized spacial score (nSPS) is 10.6. The van der Waals surface area contributed by atoms with Crippen LogP contribution in [0.15, 0.2) is 72.8 Å². The number of para-hydroxylation sites is 1. The van der Waals surface area contributed by atoms with Crippen molar-refractivity contribution in [3.63, 3.8) is 0 Å². The average Bonchev–Trinajstić information content (AvgIpc) is 3.23. The zero-order chi connectivity index (χ0) is 23.0. The molecule has 8 heteroatoms. The summed E-state index contributed by atoms with van der Waals surface area (Å²) in [5, 5.41) is 7.22. The van der Waals surface area contributed by atoms with E-state index in [1.807, 2.05) is 60.7 Å². The number of hydrogen-bond donors (Lipinski definition) is 2. The average molecular weight is 463 g/mol. The zero-order valence-corrected chi connectivity index (χ0v) is 19.4. The first-order chi connectivity index (χ1) is 16.2. The van der Waals surface area contributed by atoms with Crippen LogP contribution < -0.4 is 19.6 Å². The molecule has 33 heavy (non-hydrogen) atoms. The van der Waals surface area contributed by atoms with E-state index >= 15 is 0 Å². The third kappa shape index (κ3) is 5.35. The molecule has 0 aliphatic heterocycles. The molecule has 0 spiro atoms. The maximum atomic E-state index is 5.96. The van der Waals surface area contributed by atoms with Gasteiger partial charge in [-0.05, 0) is 47.6 Å². The monoisotopic (exact) mass is 462 g/mol. The molecule has 0 saturated carbocycles. The van der Waals surface area contributed by atoms with Crippen LogP contribution >= 0.6 is 12.2 Å². The van der Waals surface area contributed by atoms with E-state index < -0.39 is 0 Å². The Morgan fingerprint density at radius 2 is 1.64 bits per heavy atom. The van der Waals surface area contributed by atoms with Crippen molar-refractivity contribution in [2.45, 2.75) is 13.0 Å². The van der Waals surface area contributed by atoms with Gasteiger partial charge >= 0.3 is 0 Å². The predicted octanol–water partition coefficient (Wildman–Crippen LogP) is 4.99. The maximum Gasteiger partial charge on any atom is 0.214 e. The van der Waals surface area contributed by atoms with Gasteiger partial charge in [0, 0.05) is 6.42 Å². The summed E-state index contributed by atoms with van der Waals surface area (Å²) < 4.78 is 19.2. The number of hydrogen-bond acceptors (Lipinski definition) is 6. The number of H-pyrrole nitrogens is 1. The molecule has 1 aromatic heterocycles. The van der Waals surface area contributed by atoms with E-state index in [0.717, 1.165) is 17.5 Å². The molecular formula is C25H26N4O3S. The maximum absolute atomic E-state index is 5.96. The lowest BCUT2D eigenvalue weighted by molar-refractivity contribution is 0.297. The van der Waals surface area contributed by atoms with E-state index in [4.69, 9.17) is 26.4 Å². The molecule has 0 unspecified atom stereocenters. The fraction of sp³-hybridized carbons (Fsp3) is 0.200. The highest BCUT2D eigenvalue weighted by atomic mass is 32.1. The van der Waals surface area contributed by atoms with E-state index in [1.54, 1.807) is 18.9 Å². The first-order valence-electron chi connectivity index (χ1n) is 10.6. The summed E-state index contributed by atoms with van der Waals surface area (Å²) in [4.78, 5) is 0. The molecule has 0 amide bonds. The molecule has 0 saturated heterocycles. The number of ether oxygens (including phenoxy) is 3. The van der Waals surface area contributed by atoms with Crippen molar-refractivity contribution < 1.29 is 14.2 Å². The van der Waals surface area contributed by atoms with E-state index in [9.17, 15) is 0 Å². The second kappa shape index (κ2) is 10.7. The molecule has 3 aromatic carbocycles. The van der Waals surface area contributed by atoms with Gasteiger partial charge in [0.05, 0.1) is 32.9 Å². The highest BCUT2D eigenvalue weighted by molar-refractivity contribution is 7.71. The van der Waals surface area contributed by atoms with Gasteiger partial charge in [-0.25, -0.2) is 9.77 Å². The largest absolute Gasteiger partial charge is 0.496 e. The molecule has 0 aliphatic rings. The van der Waals surface area contributed by atoms with Crippen LogP contribution in [0.25, 0.3) is 11.4 Å². The van der Waals surface area contributed by atoms with Gasteiger partial charge < -0.3 is 19.6 Å². The van der Waals surface area contributed by atoms with Crippen molar-refractivity contribution >= 4 is 12.2 Å². The lowest BCUT2D eigenvalue weighted by atomic mass is 10.1. The SMILES string of the molecule is COc1cc(CNn2c(-c3ccccc3OC)n[nH]c2=S)ccc1OCCc1ccccc1. The van der Waals surface area contributed by atoms with Gasteiger partial charge in [0.15, 0.2) is 17.3 Å². The minimum atomic E-state index is 0.462. The number of aromatic amines is 1. The van der Waals surface area contributed by atoms with Crippen LogP contribution in [0.5, 0.6) is 17.2 Å². The van der Waals surface area contributed by atoms with Crippen LogP contribution in [0.2, 0.25) is 0 Å². The molecule has 7 nitrogen and oxygen atoms in total. The van der Waals surface area contributed by atoms with Gasteiger partial charge in [0.25, 0.3) is 0 Å². The lowest BCUT2D eigenvalue weighted by Crippen LogP contribution is -2.16. The molecule has 0 fully saturated rings. The Balaban J connectivity index is 1.45. The number of benzene rings is 3. The summed E-state index contributed by atoms with van der Waals surface area (Å²) in [6, 6.07) is 23.8. The van der Waals surface area contributed by atoms with Gasteiger partial charge in [0.1, 0.15) is 5.75 Å². The first kappa shape index (κ1) is 22.4. The summed E-state index contributed by atoms with van der Waals surface area (Å²) in [5.74, 6) is 2.76. The van der Waals surface area contributed by atoms with Crippen LogP contribution in [0, 0.1) is 4.77 Å². The molecule has 0 aliphatic carbocycles. The smallest absolute Gasteiger partial charge is 0.214 e. The Morgan fingerprint density at radius 3 is 2.42 bits per heavy atom. The zero-order valence-electron chi connectivity index (χ0n) is 18.6. The Bertz CT molecular complexity index is 1250. The lowest BCUT2D eigenvalue weighted by Gasteiger charge is -2.14. The Kier molecular flexibility index (Phi) is 7.26. The fourth-order valence-corrected chi connectivity index (χ4v) is 3.69. The summed E-state index contributed by atoms with van der Waals surface area (Å²) >= 11 is 5.42. The molecule has 1 heterocycles. The van der Waals surface area contributed by atoms with E-state index in [2.05, 4.69) is 27.8 Å². The molecule has 4 rings (SSSR count). The summed E-state index contributed by atoms with van der Waals surface area (Å²) in [7, 11) is 3.27. The predicted molar refractivity (Wildman–Crippen MR) is 131 cm³/mol. The highest BCUT2D eigenvalue weighted by Gasteiger charge is 2.14. The summed E-state index contributed by atoms with van der Waals surface area (Å²) in [5.41, 5.74) is 6.41. The van der Waals surface area contributed by atoms with Gasteiger partial charge in [-0.3, -0.25) is 0 Å². The standard InChI is InChI=1S/C25H26N4O3S/c1-30-21-11-7-6-10-20(21)24-27-28-25(33)29(24)26-17-19-12-13-22(23(16-19)31-2)32-15-14-18-8-4-3-5-9-18/h3-13,16,26H,14-15,17H2,1-2H3,(H,28,33). The Hall–Kier alpha value is -3.78. The van der Waals surface area contributed by atoms with Crippen molar-refractivity contribution in [3.8, 4) is 28.6 Å². The number of aromatic nitrogens is 3. The molecule has 170 valence electrons. The van der Waals surface area contributed by atoms with Gasteiger partial charge in [0.2, 0.25) is 4.77 Å².